The van der Waals surface area contributed by atoms with Gasteiger partial charge >= 0.3 is 6.09 Å². The molecule has 1 fully saturated rings. The van der Waals surface area contributed by atoms with Crippen LogP contribution in [0, 0.1) is 11.2 Å². The summed E-state index contributed by atoms with van der Waals surface area (Å²) in [6.07, 6.45) is -0.875. The second-order valence-corrected chi connectivity index (χ2v) is 13.3. The highest BCUT2D eigenvalue weighted by molar-refractivity contribution is 5.97. The van der Waals surface area contributed by atoms with Crippen molar-refractivity contribution in [1.82, 2.24) is 20.0 Å². The van der Waals surface area contributed by atoms with E-state index in [1.54, 1.807) is 23.1 Å². The van der Waals surface area contributed by atoms with Crippen LogP contribution < -0.4 is 10.9 Å². The molecule has 9 heteroatoms. The molecular weight excluding hydrogens is 545 g/mol. The van der Waals surface area contributed by atoms with E-state index in [-0.39, 0.29) is 34.8 Å². The second-order valence-electron chi connectivity index (χ2n) is 13.3. The topological polar surface area (TPSA) is 102 Å². The minimum absolute atomic E-state index is 0.139. The molecule has 1 saturated heterocycles. The van der Waals surface area contributed by atoms with E-state index in [1.165, 1.54) is 12.1 Å². The van der Waals surface area contributed by atoms with Crippen LogP contribution in [-0.4, -0.2) is 55.9 Å². The van der Waals surface area contributed by atoms with Gasteiger partial charge in [-0.1, -0.05) is 63.2 Å². The van der Waals surface area contributed by atoms with Crippen LogP contribution >= 0.6 is 0 Å². The molecule has 2 aliphatic rings. The Morgan fingerprint density at radius 2 is 1.74 bits per heavy atom. The number of H-pyrrole nitrogens is 1. The predicted octanol–water partition coefficient (Wildman–Crippen LogP) is 6.35. The summed E-state index contributed by atoms with van der Waals surface area (Å²) >= 11 is 0. The lowest BCUT2D eigenvalue weighted by Crippen LogP contribution is -2.70. The monoisotopic (exact) mass is 583 g/mol. The fourth-order valence-electron chi connectivity index (χ4n) is 7.02. The van der Waals surface area contributed by atoms with Crippen molar-refractivity contribution in [3.05, 3.63) is 105 Å². The number of hydrogen-bond donors (Lipinski definition) is 3. The maximum absolute atomic E-state index is 13.9. The Balaban J connectivity index is 1.32. The van der Waals surface area contributed by atoms with Gasteiger partial charge in [0.1, 0.15) is 5.82 Å². The number of aromatic nitrogens is 2. The van der Waals surface area contributed by atoms with Gasteiger partial charge in [-0.05, 0) is 60.2 Å². The van der Waals surface area contributed by atoms with Crippen LogP contribution in [0.5, 0.6) is 0 Å². The molecule has 0 saturated carbocycles. The summed E-state index contributed by atoms with van der Waals surface area (Å²) in [6.45, 7) is 12.3. The summed E-state index contributed by atoms with van der Waals surface area (Å²) in [7, 11) is 0. The van der Waals surface area contributed by atoms with Gasteiger partial charge in [0.15, 0.2) is 0 Å². The lowest BCUT2D eigenvalue weighted by molar-refractivity contribution is -0.0716. The summed E-state index contributed by atoms with van der Waals surface area (Å²) < 4.78 is 13.9. The maximum Gasteiger partial charge on any atom is 0.408 e. The number of carbonyl (C=O) groups is 1. The lowest BCUT2D eigenvalue weighted by atomic mass is 9.71. The molecule has 4 aromatic rings. The molecule has 224 valence electrons. The largest absolute Gasteiger partial charge is 0.465 e. The molecule has 2 unspecified atom stereocenters. The van der Waals surface area contributed by atoms with Crippen LogP contribution in [-0.2, 0) is 6.54 Å². The minimum atomic E-state index is -0.875. The van der Waals surface area contributed by atoms with Crippen molar-refractivity contribution < 1.29 is 14.3 Å². The number of piperazine rings is 1. The quantitative estimate of drug-likeness (QED) is 0.259. The first-order chi connectivity index (χ1) is 20.4. The van der Waals surface area contributed by atoms with Crippen molar-refractivity contribution in [1.29, 1.82) is 0 Å². The highest BCUT2D eigenvalue weighted by Gasteiger charge is 2.51. The highest BCUT2D eigenvalue weighted by Crippen LogP contribution is 2.46. The van der Waals surface area contributed by atoms with E-state index in [2.05, 4.69) is 72.4 Å². The van der Waals surface area contributed by atoms with Crippen molar-refractivity contribution in [2.24, 2.45) is 5.41 Å². The van der Waals surface area contributed by atoms with Crippen molar-refractivity contribution in [2.45, 2.75) is 64.7 Å². The Morgan fingerprint density at radius 1 is 1.07 bits per heavy atom. The average molecular weight is 584 g/mol. The fraction of sp³-hybridized carbons (Fsp3) is 0.382. The Morgan fingerprint density at radius 3 is 2.40 bits per heavy atom. The summed E-state index contributed by atoms with van der Waals surface area (Å²) in [4.78, 5) is 28.8. The fourth-order valence-corrected chi connectivity index (χ4v) is 7.02. The third-order valence-corrected chi connectivity index (χ3v) is 9.60. The molecule has 1 amide bonds. The molecule has 3 aromatic carbocycles. The van der Waals surface area contributed by atoms with Gasteiger partial charge in [0.05, 0.1) is 28.6 Å². The molecule has 4 atom stereocenters. The molecule has 1 aromatic heterocycles. The second kappa shape index (κ2) is 10.5. The Kier molecular flexibility index (Phi) is 7.04. The zero-order chi connectivity index (χ0) is 30.7. The molecule has 0 bridgehead atoms. The van der Waals surface area contributed by atoms with E-state index >= 15 is 0 Å². The van der Waals surface area contributed by atoms with E-state index in [4.69, 9.17) is 0 Å². The summed E-state index contributed by atoms with van der Waals surface area (Å²) in [5.74, 6) is -0.576. The first kappa shape index (κ1) is 28.9. The number of halogens is 1. The van der Waals surface area contributed by atoms with Crippen molar-refractivity contribution >= 4 is 22.6 Å². The molecule has 2 aliphatic heterocycles. The van der Waals surface area contributed by atoms with Gasteiger partial charge < -0.3 is 10.4 Å². The molecule has 0 aliphatic carbocycles. The standard InChI is InChI=1S/C34H38FN5O3/c1-20-17-39(19-34(5,33(2,3)4)40(20)32(42)43)18-21-9-11-23(12-10-21)29-27(22-13-15-24(35)16-14-22)30-28-25(31(41)38-37-30)7-6-8-26(28)36-29/h6-16,20,27,29,36H,17-19H2,1-5H3,(H,38,41)(H,42,43)/t20-,27?,29?,34+/m1/s1. The van der Waals surface area contributed by atoms with Crippen molar-refractivity contribution in [2.75, 3.05) is 18.4 Å². The zero-order valence-electron chi connectivity index (χ0n) is 25.2. The molecule has 8 nitrogen and oxygen atoms in total. The van der Waals surface area contributed by atoms with Gasteiger partial charge in [0.25, 0.3) is 5.56 Å². The van der Waals surface area contributed by atoms with Crippen LogP contribution in [0.2, 0.25) is 0 Å². The molecule has 0 radical (unpaired) electrons. The van der Waals surface area contributed by atoms with E-state index < -0.39 is 11.6 Å². The molecule has 3 N–H and O–H groups in total. The van der Waals surface area contributed by atoms with E-state index in [0.717, 1.165) is 33.5 Å². The SMILES string of the molecule is C[C@@H]1CN(Cc2ccc(C3Nc4cccc5c(=O)[nH]nc(c45)C3c3ccc(F)cc3)cc2)C[C@@](C)(C(C)(C)C)N1C(=O)O. The molecule has 0 spiro atoms. The number of nitrogens with one attached hydrogen (secondary N) is 2. The molecule has 43 heavy (non-hydrogen) atoms. The number of nitrogens with zero attached hydrogens (tertiary/aromatic N) is 3. The number of hydrogen-bond acceptors (Lipinski definition) is 5. The van der Waals surface area contributed by atoms with Gasteiger partial charge in [0.2, 0.25) is 0 Å². The molecule has 6 rings (SSSR count). The van der Waals surface area contributed by atoms with E-state index in [9.17, 15) is 19.1 Å². The number of aromatic amines is 1. The third-order valence-electron chi connectivity index (χ3n) is 9.60. The highest BCUT2D eigenvalue weighted by atomic mass is 19.1. The number of amides is 1. The predicted molar refractivity (Wildman–Crippen MR) is 166 cm³/mol. The van der Waals surface area contributed by atoms with Gasteiger partial charge in [0, 0.05) is 36.7 Å². The van der Waals surface area contributed by atoms with Crippen LogP contribution in [0.15, 0.2) is 71.5 Å². The Bertz CT molecular complexity index is 1730. The van der Waals surface area contributed by atoms with Crippen LogP contribution in [0.1, 0.15) is 69.0 Å². The minimum Gasteiger partial charge on any atom is -0.465 e. The Hall–Kier alpha value is -4.24. The lowest BCUT2D eigenvalue weighted by Gasteiger charge is -2.57. The number of anilines is 1. The summed E-state index contributed by atoms with van der Waals surface area (Å²) in [5.41, 5.74) is 3.61. The van der Waals surface area contributed by atoms with E-state index in [0.29, 0.717) is 25.0 Å². The number of rotatable bonds is 4. The van der Waals surface area contributed by atoms with Crippen LogP contribution in [0.25, 0.3) is 10.8 Å². The van der Waals surface area contributed by atoms with Gasteiger partial charge in [-0.25, -0.2) is 14.3 Å². The zero-order valence-corrected chi connectivity index (χ0v) is 25.2. The normalized spacial score (nSPS) is 24.1. The van der Waals surface area contributed by atoms with E-state index in [1.807, 2.05) is 19.1 Å². The summed E-state index contributed by atoms with van der Waals surface area (Å²) in [6, 6.07) is 20.2. The molecule has 3 heterocycles. The van der Waals surface area contributed by atoms with Crippen molar-refractivity contribution in [3.8, 4) is 0 Å². The van der Waals surface area contributed by atoms with Crippen LogP contribution in [0.4, 0.5) is 14.9 Å². The first-order valence-corrected chi connectivity index (χ1v) is 14.7. The maximum atomic E-state index is 13.9. The summed E-state index contributed by atoms with van der Waals surface area (Å²) in [5, 5.41) is 22.2. The number of benzene rings is 3. The molecular formula is C34H38FN5O3. The van der Waals surface area contributed by atoms with Gasteiger partial charge in [-0.15, -0.1) is 0 Å². The first-order valence-electron chi connectivity index (χ1n) is 14.7. The van der Waals surface area contributed by atoms with Gasteiger partial charge in [-0.3, -0.25) is 14.6 Å². The van der Waals surface area contributed by atoms with Gasteiger partial charge in [-0.2, -0.15) is 5.10 Å². The number of carboxylic acid groups (broad SMARTS) is 1. The average Bonchev–Trinajstić information content (AvgIpc) is 2.94. The van der Waals surface area contributed by atoms with Crippen LogP contribution in [0.3, 0.4) is 0 Å². The Labute approximate surface area is 250 Å². The van der Waals surface area contributed by atoms with Crippen molar-refractivity contribution in [3.63, 3.8) is 0 Å². The third kappa shape index (κ3) is 4.95. The smallest absolute Gasteiger partial charge is 0.408 e.